The van der Waals surface area contributed by atoms with Gasteiger partial charge in [-0.1, -0.05) is 18.2 Å². The molecule has 2 aliphatic heterocycles. The number of benzene rings is 2. The minimum absolute atomic E-state index is 0.0760. The maximum absolute atomic E-state index is 12.0. The summed E-state index contributed by atoms with van der Waals surface area (Å²) in [6, 6.07) is 16.5. The average molecular weight is 425 g/mol. The number of carbonyl (C=O) groups is 1. The molecule has 2 aromatic rings. The van der Waals surface area contributed by atoms with E-state index in [9.17, 15) is 4.79 Å². The van der Waals surface area contributed by atoms with Gasteiger partial charge in [-0.15, -0.1) is 0 Å². The highest BCUT2D eigenvalue weighted by atomic mass is 32.1. The zero-order valence-corrected chi connectivity index (χ0v) is 18.1. The summed E-state index contributed by atoms with van der Waals surface area (Å²) < 4.78 is 5.42. The van der Waals surface area contributed by atoms with Crippen LogP contribution in [0.15, 0.2) is 48.5 Å². The molecule has 2 aliphatic rings. The Kier molecular flexibility index (Phi) is 6.50. The number of hydrogen-bond donors (Lipinski definition) is 2. The number of anilines is 3. The normalized spacial score (nSPS) is 17.7. The van der Waals surface area contributed by atoms with E-state index in [4.69, 9.17) is 17.0 Å². The molecule has 2 aromatic carbocycles. The maximum Gasteiger partial charge on any atom is 0.227 e. The monoisotopic (exact) mass is 424 g/mol. The van der Waals surface area contributed by atoms with Crippen LogP contribution in [0.5, 0.6) is 0 Å². The number of morpholine rings is 1. The predicted octanol–water partition coefficient (Wildman–Crippen LogP) is 3.70. The van der Waals surface area contributed by atoms with E-state index >= 15 is 0 Å². The summed E-state index contributed by atoms with van der Waals surface area (Å²) in [4.78, 5) is 16.2. The molecule has 158 valence electrons. The van der Waals surface area contributed by atoms with Crippen LogP contribution in [0.3, 0.4) is 0 Å². The van der Waals surface area contributed by atoms with E-state index in [-0.39, 0.29) is 11.9 Å². The summed E-state index contributed by atoms with van der Waals surface area (Å²) in [6.07, 6.45) is 1.54. The SMILES string of the molecule is C[C@H](NC(=S)Nc1cccc(N2CCCC2=O)c1)c1ccc(N2CCOCC2)cc1. The highest BCUT2D eigenvalue weighted by molar-refractivity contribution is 7.80. The quantitative estimate of drug-likeness (QED) is 0.714. The van der Waals surface area contributed by atoms with Crippen LogP contribution in [-0.4, -0.2) is 43.9 Å². The van der Waals surface area contributed by atoms with Crippen LogP contribution in [0.4, 0.5) is 17.1 Å². The molecule has 0 spiro atoms. The molecule has 2 saturated heterocycles. The van der Waals surface area contributed by atoms with E-state index in [0.29, 0.717) is 11.5 Å². The molecule has 1 atom stereocenters. The molecule has 0 unspecified atom stereocenters. The molecule has 0 radical (unpaired) electrons. The molecule has 4 rings (SSSR count). The molecule has 0 aliphatic carbocycles. The second kappa shape index (κ2) is 9.45. The van der Waals surface area contributed by atoms with Gasteiger partial charge < -0.3 is 25.2 Å². The number of nitrogens with zero attached hydrogens (tertiary/aromatic N) is 2. The van der Waals surface area contributed by atoms with Gasteiger partial charge in [0.25, 0.3) is 0 Å². The Hall–Kier alpha value is -2.64. The minimum atomic E-state index is 0.0760. The zero-order valence-electron chi connectivity index (χ0n) is 17.3. The lowest BCUT2D eigenvalue weighted by Gasteiger charge is -2.29. The number of nitrogens with one attached hydrogen (secondary N) is 2. The van der Waals surface area contributed by atoms with Crippen molar-refractivity contribution < 1.29 is 9.53 Å². The molecule has 0 bridgehead atoms. The zero-order chi connectivity index (χ0) is 20.9. The number of hydrogen-bond acceptors (Lipinski definition) is 4. The topological polar surface area (TPSA) is 56.8 Å². The first-order valence-electron chi connectivity index (χ1n) is 10.5. The van der Waals surface area contributed by atoms with Gasteiger partial charge in [-0.3, -0.25) is 4.79 Å². The molecule has 2 N–H and O–H groups in total. The Morgan fingerprint density at radius 2 is 1.83 bits per heavy atom. The maximum atomic E-state index is 12.0. The van der Waals surface area contributed by atoms with Crippen LogP contribution in [0.2, 0.25) is 0 Å². The van der Waals surface area contributed by atoms with Gasteiger partial charge >= 0.3 is 0 Å². The third-order valence-corrected chi connectivity index (χ3v) is 5.83. The van der Waals surface area contributed by atoms with Gasteiger partial charge in [-0.2, -0.15) is 0 Å². The van der Waals surface area contributed by atoms with Gasteiger partial charge in [0.05, 0.1) is 19.3 Å². The lowest BCUT2D eigenvalue weighted by molar-refractivity contribution is -0.117. The van der Waals surface area contributed by atoms with Gasteiger partial charge in [-0.25, -0.2) is 0 Å². The van der Waals surface area contributed by atoms with Gasteiger partial charge in [0.2, 0.25) is 5.91 Å². The largest absolute Gasteiger partial charge is 0.378 e. The van der Waals surface area contributed by atoms with Crippen LogP contribution in [0, 0.1) is 0 Å². The lowest BCUT2D eigenvalue weighted by Crippen LogP contribution is -2.36. The van der Waals surface area contributed by atoms with Crippen molar-refractivity contribution in [2.75, 3.05) is 48.0 Å². The number of thiocarbonyl (C=S) groups is 1. The Morgan fingerprint density at radius 3 is 2.53 bits per heavy atom. The van der Waals surface area contributed by atoms with E-state index in [0.717, 1.165) is 50.6 Å². The molecule has 6 nitrogen and oxygen atoms in total. The Balaban J connectivity index is 1.34. The van der Waals surface area contributed by atoms with E-state index in [1.54, 1.807) is 0 Å². The first-order valence-corrected chi connectivity index (χ1v) is 10.9. The van der Waals surface area contributed by atoms with Crippen LogP contribution >= 0.6 is 12.2 Å². The molecule has 0 saturated carbocycles. The molecule has 1 amide bonds. The minimum Gasteiger partial charge on any atom is -0.378 e. The Morgan fingerprint density at radius 1 is 1.07 bits per heavy atom. The summed E-state index contributed by atoms with van der Waals surface area (Å²) in [7, 11) is 0. The Bertz CT molecular complexity index is 896. The van der Waals surface area contributed by atoms with Crippen molar-refractivity contribution in [2.45, 2.75) is 25.8 Å². The third kappa shape index (κ3) is 4.91. The molecule has 2 fully saturated rings. The van der Waals surface area contributed by atoms with Crippen molar-refractivity contribution in [3.05, 3.63) is 54.1 Å². The van der Waals surface area contributed by atoms with Crippen LogP contribution in [0.25, 0.3) is 0 Å². The second-order valence-electron chi connectivity index (χ2n) is 7.71. The van der Waals surface area contributed by atoms with Gasteiger partial charge in [-0.05, 0) is 61.5 Å². The number of amides is 1. The fraction of sp³-hybridized carbons (Fsp3) is 0.391. The lowest BCUT2D eigenvalue weighted by atomic mass is 10.1. The standard InChI is InChI=1S/C23H28N4O2S/c1-17(18-7-9-20(10-8-18)26-12-14-29-15-13-26)24-23(30)25-19-4-2-5-21(16-19)27-11-3-6-22(27)28/h2,4-5,7-10,16-17H,3,6,11-15H2,1H3,(H2,24,25,30)/t17-/m0/s1. The van der Waals surface area contributed by atoms with Crippen LogP contribution in [0.1, 0.15) is 31.4 Å². The van der Waals surface area contributed by atoms with Crippen molar-refractivity contribution in [1.29, 1.82) is 0 Å². The van der Waals surface area contributed by atoms with E-state index in [1.165, 1.54) is 11.3 Å². The summed E-state index contributed by atoms with van der Waals surface area (Å²) in [5.74, 6) is 0.182. The highest BCUT2D eigenvalue weighted by Crippen LogP contribution is 2.25. The summed E-state index contributed by atoms with van der Waals surface area (Å²) in [6.45, 7) is 6.31. The van der Waals surface area contributed by atoms with Crippen LogP contribution in [-0.2, 0) is 9.53 Å². The fourth-order valence-electron chi connectivity index (χ4n) is 3.92. The number of rotatable bonds is 5. The molecule has 7 heteroatoms. The van der Waals surface area contributed by atoms with Crippen molar-refractivity contribution in [1.82, 2.24) is 5.32 Å². The van der Waals surface area contributed by atoms with Crippen LogP contribution < -0.4 is 20.4 Å². The molecular weight excluding hydrogens is 396 g/mol. The van der Waals surface area contributed by atoms with Crippen molar-refractivity contribution >= 4 is 40.3 Å². The van der Waals surface area contributed by atoms with Crippen molar-refractivity contribution in [2.24, 2.45) is 0 Å². The molecular formula is C23H28N4O2S. The highest BCUT2D eigenvalue weighted by Gasteiger charge is 2.21. The average Bonchev–Trinajstić information content (AvgIpc) is 3.20. The first-order chi connectivity index (χ1) is 14.6. The van der Waals surface area contributed by atoms with Crippen molar-refractivity contribution in [3.8, 4) is 0 Å². The second-order valence-corrected chi connectivity index (χ2v) is 8.12. The first kappa shape index (κ1) is 20.6. The number of carbonyl (C=O) groups excluding carboxylic acids is 1. The summed E-state index contributed by atoms with van der Waals surface area (Å²) >= 11 is 5.52. The molecule has 0 aromatic heterocycles. The van der Waals surface area contributed by atoms with E-state index in [2.05, 4.69) is 46.7 Å². The smallest absolute Gasteiger partial charge is 0.227 e. The van der Waals surface area contributed by atoms with Gasteiger partial charge in [0, 0.05) is 43.1 Å². The third-order valence-electron chi connectivity index (χ3n) is 5.61. The molecule has 30 heavy (non-hydrogen) atoms. The van der Waals surface area contributed by atoms with Gasteiger partial charge in [0.15, 0.2) is 5.11 Å². The number of ether oxygens (including phenoxy) is 1. The molecule has 2 heterocycles. The summed E-state index contributed by atoms with van der Waals surface area (Å²) in [5, 5.41) is 7.15. The van der Waals surface area contributed by atoms with E-state index in [1.807, 2.05) is 29.2 Å². The van der Waals surface area contributed by atoms with E-state index < -0.39 is 0 Å². The fourth-order valence-corrected chi connectivity index (χ4v) is 4.21. The van der Waals surface area contributed by atoms with Gasteiger partial charge in [0.1, 0.15) is 0 Å². The predicted molar refractivity (Wildman–Crippen MR) is 125 cm³/mol. The Labute approximate surface area is 183 Å². The summed E-state index contributed by atoms with van der Waals surface area (Å²) in [5.41, 5.74) is 4.19. The van der Waals surface area contributed by atoms with Crippen molar-refractivity contribution in [3.63, 3.8) is 0 Å².